The van der Waals surface area contributed by atoms with E-state index in [0.717, 1.165) is 10.6 Å². The quantitative estimate of drug-likeness (QED) is 0.442. The van der Waals surface area contributed by atoms with Crippen molar-refractivity contribution in [3.8, 4) is 5.75 Å². The summed E-state index contributed by atoms with van der Waals surface area (Å²) in [4.78, 5) is 23.0. The fraction of sp³-hybridized carbons (Fsp3) is 0.400. The van der Waals surface area contributed by atoms with Gasteiger partial charge in [-0.2, -0.15) is 0 Å². The van der Waals surface area contributed by atoms with E-state index >= 15 is 4.39 Å². The van der Waals surface area contributed by atoms with E-state index in [4.69, 9.17) is 4.74 Å². The number of thioether (sulfide) groups is 1. The van der Waals surface area contributed by atoms with Crippen LogP contribution in [0.25, 0.3) is 10.9 Å². The predicted molar refractivity (Wildman–Crippen MR) is 133 cm³/mol. The molecule has 1 saturated heterocycles. The number of benzene rings is 1. The maximum Gasteiger partial charge on any atom is 0.235 e. The topological polar surface area (TPSA) is 99.6 Å². The Morgan fingerprint density at radius 1 is 1.36 bits per heavy atom. The number of aliphatic hydroxyl groups excluding tert-OH is 1. The van der Waals surface area contributed by atoms with E-state index in [-0.39, 0.29) is 30.6 Å². The van der Waals surface area contributed by atoms with Crippen LogP contribution in [0.3, 0.4) is 0 Å². The lowest BCUT2D eigenvalue weighted by Gasteiger charge is -2.36. The molecule has 1 aromatic carbocycles. The van der Waals surface area contributed by atoms with Crippen molar-refractivity contribution in [1.29, 1.82) is 0 Å². The van der Waals surface area contributed by atoms with E-state index in [9.17, 15) is 14.3 Å². The summed E-state index contributed by atoms with van der Waals surface area (Å²) in [6.45, 7) is 1.37. The first kappa shape index (κ1) is 24.8. The number of likely N-dealkylation sites (tertiary alicyclic amines) is 1. The molecule has 0 radical (unpaired) electrons. The molecule has 2 aliphatic heterocycles. The summed E-state index contributed by atoms with van der Waals surface area (Å²) in [7, 11) is 1.45. The largest absolute Gasteiger partial charge is 0.497 e. The second-order valence-corrected chi connectivity index (χ2v) is 9.98. The minimum atomic E-state index is -1.13. The van der Waals surface area contributed by atoms with Crippen LogP contribution < -0.4 is 15.4 Å². The van der Waals surface area contributed by atoms with Gasteiger partial charge in [0.05, 0.1) is 29.6 Å². The Balaban J connectivity index is 1.19. The molecule has 4 heterocycles. The number of carbonyl (C=O) groups excluding carboxylic acids is 1. The molecule has 2 aliphatic rings. The van der Waals surface area contributed by atoms with E-state index in [1.807, 2.05) is 17.0 Å². The third-order valence-corrected chi connectivity index (χ3v) is 7.58. The smallest absolute Gasteiger partial charge is 0.235 e. The normalized spacial score (nSPS) is 21.2. The van der Waals surface area contributed by atoms with Gasteiger partial charge in [0, 0.05) is 43.3 Å². The number of piperidine rings is 1. The van der Waals surface area contributed by atoms with E-state index in [0.29, 0.717) is 47.8 Å². The number of pyridine rings is 2. The molecular weight excluding hydrogens is 488 g/mol. The highest BCUT2D eigenvalue weighted by Crippen LogP contribution is 2.31. The maximum atomic E-state index is 15.0. The number of methoxy groups -OCH3 is 1. The highest BCUT2D eigenvalue weighted by Gasteiger charge is 2.30. The van der Waals surface area contributed by atoms with Gasteiger partial charge in [0.15, 0.2) is 5.82 Å². The van der Waals surface area contributed by atoms with Crippen molar-refractivity contribution in [2.24, 2.45) is 0 Å². The zero-order valence-corrected chi connectivity index (χ0v) is 20.5. The number of fused-ring (bicyclic) bond motifs is 2. The molecule has 2 unspecified atom stereocenters. The van der Waals surface area contributed by atoms with Crippen LogP contribution in [0.15, 0.2) is 41.4 Å². The number of rotatable bonds is 7. The number of carbonyl (C=O) groups is 1. The van der Waals surface area contributed by atoms with Crippen LogP contribution in [0.2, 0.25) is 0 Å². The lowest BCUT2D eigenvalue weighted by molar-refractivity contribution is -0.113. The Labute approximate surface area is 211 Å². The van der Waals surface area contributed by atoms with Crippen LogP contribution in [-0.2, 0) is 11.3 Å². The van der Waals surface area contributed by atoms with Gasteiger partial charge >= 0.3 is 0 Å². The average molecular weight is 516 g/mol. The maximum absolute atomic E-state index is 15.0. The van der Waals surface area contributed by atoms with E-state index in [1.54, 1.807) is 12.1 Å². The van der Waals surface area contributed by atoms with Gasteiger partial charge in [0.25, 0.3) is 0 Å². The first-order chi connectivity index (χ1) is 17.4. The fourth-order valence-corrected chi connectivity index (χ4v) is 5.42. The van der Waals surface area contributed by atoms with Gasteiger partial charge in [0.1, 0.15) is 23.3 Å². The standard InChI is InChI=1S/C25H27F2N5O3S/c1-35-15-8-17-16(4-6-28-24(17)18(26)9-15)21(33)12-32-7-5-20(19(27)11-32)29-10-14-2-3-22-25(30-14)31-23(34)13-36-22/h2-4,6,8-9,19-21,29,33H,5,7,10-13H2,1H3,(H,30,31,34)/t19?,20?,21-/m1/s1. The Morgan fingerprint density at radius 3 is 3.03 bits per heavy atom. The SMILES string of the molecule is COc1cc(F)c2nccc([C@H](O)CN3CCC(NCc4ccc5c(n4)NC(=O)CS5)C(F)C3)c2c1. The van der Waals surface area contributed by atoms with Crippen molar-refractivity contribution in [1.82, 2.24) is 20.2 Å². The molecule has 3 atom stereocenters. The van der Waals surface area contributed by atoms with E-state index in [2.05, 4.69) is 20.6 Å². The van der Waals surface area contributed by atoms with Gasteiger partial charge in [0.2, 0.25) is 5.91 Å². The summed E-state index contributed by atoms with van der Waals surface area (Å²) in [6, 6.07) is 8.01. The minimum Gasteiger partial charge on any atom is -0.497 e. The number of nitrogens with zero attached hydrogens (tertiary/aromatic N) is 3. The third-order valence-electron chi connectivity index (χ3n) is 6.53. The van der Waals surface area contributed by atoms with Crippen molar-refractivity contribution in [3.05, 3.63) is 53.6 Å². The van der Waals surface area contributed by atoms with Crippen LogP contribution in [0, 0.1) is 5.82 Å². The van der Waals surface area contributed by atoms with Crippen LogP contribution in [0.5, 0.6) is 5.75 Å². The minimum absolute atomic E-state index is 0.0764. The molecule has 36 heavy (non-hydrogen) atoms. The third kappa shape index (κ3) is 5.29. The van der Waals surface area contributed by atoms with Gasteiger partial charge in [-0.1, -0.05) is 0 Å². The molecule has 3 N–H and O–H groups in total. The molecule has 2 aromatic heterocycles. The summed E-state index contributed by atoms with van der Waals surface area (Å²) >= 11 is 1.45. The summed E-state index contributed by atoms with van der Waals surface area (Å²) in [5, 5.41) is 17.4. The van der Waals surface area contributed by atoms with Gasteiger partial charge < -0.3 is 20.5 Å². The van der Waals surface area contributed by atoms with Gasteiger partial charge in [-0.15, -0.1) is 11.8 Å². The van der Waals surface area contributed by atoms with Gasteiger partial charge in [-0.05, 0) is 42.8 Å². The summed E-state index contributed by atoms with van der Waals surface area (Å²) in [6.07, 6.45) is -0.0500. The summed E-state index contributed by atoms with van der Waals surface area (Å²) in [5.41, 5.74) is 1.42. The van der Waals surface area contributed by atoms with Crippen molar-refractivity contribution in [3.63, 3.8) is 0 Å². The molecule has 0 aliphatic carbocycles. The Bertz CT molecular complexity index is 1280. The second kappa shape index (κ2) is 10.6. The number of aromatic nitrogens is 2. The van der Waals surface area contributed by atoms with Gasteiger partial charge in [-0.25, -0.2) is 13.8 Å². The monoisotopic (exact) mass is 515 g/mol. The van der Waals surface area contributed by atoms with Crippen LogP contribution in [0.4, 0.5) is 14.6 Å². The number of hydrogen-bond acceptors (Lipinski definition) is 8. The first-order valence-electron chi connectivity index (χ1n) is 11.7. The van der Waals surface area contributed by atoms with Crippen molar-refractivity contribution in [2.45, 2.75) is 36.2 Å². The molecule has 11 heteroatoms. The number of halogens is 2. The van der Waals surface area contributed by atoms with E-state index in [1.165, 1.54) is 31.1 Å². The summed E-state index contributed by atoms with van der Waals surface area (Å²) in [5.74, 6) is 0.672. The number of nitrogens with one attached hydrogen (secondary N) is 2. The molecular formula is C25H27F2N5O3S. The average Bonchev–Trinajstić information content (AvgIpc) is 2.87. The lowest BCUT2D eigenvalue weighted by Crippen LogP contribution is -2.51. The molecule has 5 rings (SSSR count). The number of anilines is 1. The Morgan fingerprint density at radius 2 is 2.22 bits per heavy atom. The molecule has 0 bridgehead atoms. The van der Waals surface area contributed by atoms with E-state index < -0.39 is 18.1 Å². The zero-order chi connectivity index (χ0) is 25.2. The highest BCUT2D eigenvalue weighted by atomic mass is 32.2. The number of β-amino-alcohol motifs (C(OH)–C–C–N with tert-alkyl or cyclic N) is 1. The molecule has 3 aromatic rings. The van der Waals surface area contributed by atoms with Crippen molar-refractivity contribution < 1.29 is 23.4 Å². The van der Waals surface area contributed by atoms with Gasteiger partial charge in [-0.3, -0.25) is 14.7 Å². The molecule has 0 spiro atoms. The highest BCUT2D eigenvalue weighted by molar-refractivity contribution is 8.00. The first-order valence-corrected chi connectivity index (χ1v) is 12.7. The molecule has 1 fully saturated rings. The summed E-state index contributed by atoms with van der Waals surface area (Å²) < 4.78 is 34.6. The predicted octanol–water partition coefficient (Wildman–Crippen LogP) is 3.06. The number of hydrogen-bond donors (Lipinski definition) is 3. The number of ether oxygens (including phenoxy) is 1. The lowest BCUT2D eigenvalue weighted by atomic mass is 10.00. The number of amides is 1. The zero-order valence-electron chi connectivity index (χ0n) is 19.7. The number of alkyl halides is 1. The second-order valence-electron chi connectivity index (χ2n) is 8.96. The molecule has 190 valence electrons. The fourth-order valence-electron chi connectivity index (χ4n) is 4.66. The molecule has 1 amide bonds. The van der Waals surface area contributed by atoms with Crippen LogP contribution >= 0.6 is 11.8 Å². The Hall–Kier alpha value is -2.86. The van der Waals surface area contributed by atoms with Crippen LogP contribution in [-0.4, -0.2) is 70.6 Å². The van der Waals surface area contributed by atoms with Crippen molar-refractivity contribution >= 4 is 34.4 Å². The van der Waals surface area contributed by atoms with Crippen LogP contribution in [0.1, 0.15) is 23.8 Å². The molecule has 8 nitrogen and oxygen atoms in total. The molecule has 0 saturated carbocycles. The van der Waals surface area contributed by atoms with Crippen molar-refractivity contribution in [2.75, 3.05) is 37.8 Å². The number of aliphatic hydroxyl groups is 1. The Kier molecular flexibility index (Phi) is 7.33.